The fourth-order valence-electron chi connectivity index (χ4n) is 0.713. The number of rotatable bonds is 3. The Labute approximate surface area is 75.1 Å². The quantitative estimate of drug-likeness (QED) is 0.498. The number of nitrogens with one attached hydrogen (secondary N) is 1. The van der Waals surface area contributed by atoms with Crippen LogP contribution in [0.5, 0.6) is 0 Å². The van der Waals surface area contributed by atoms with Gasteiger partial charge in [-0.3, -0.25) is 9.78 Å². The zero-order valence-electron chi connectivity index (χ0n) is 6.84. The molecule has 68 valence electrons. The molecule has 13 heavy (non-hydrogen) atoms. The van der Waals surface area contributed by atoms with E-state index in [1.165, 1.54) is 18.6 Å². The van der Waals surface area contributed by atoms with E-state index in [-0.39, 0.29) is 12.5 Å². The summed E-state index contributed by atoms with van der Waals surface area (Å²) in [6.07, 6.45) is 4.23. The minimum absolute atomic E-state index is 0.198. The first-order valence-corrected chi connectivity index (χ1v) is 3.67. The van der Waals surface area contributed by atoms with Crippen LogP contribution in [0.15, 0.2) is 29.6 Å². The summed E-state index contributed by atoms with van der Waals surface area (Å²) in [5.74, 6) is -0.327. The molecule has 0 saturated carbocycles. The third kappa shape index (κ3) is 3.00. The topological polar surface area (TPSA) is 74.6 Å². The van der Waals surface area contributed by atoms with Crippen LogP contribution >= 0.6 is 0 Å². The van der Waals surface area contributed by atoms with Gasteiger partial charge in [0.25, 0.3) is 5.91 Å². The van der Waals surface area contributed by atoms with Crippen molar-refractivity contribution >= 4 is 12.1 Å². The highest BCUT2D eigenvalue weighted by Crippen LogP contribution is 1.94. The summed E-state index contributed by atoms with van der Waals surface area (Å²) in [6, 6.07) is 3.15. The second kappa shape index (κ2) is 5.00. The number of aliphatic hydroxyl groups excluding tert-OH is 1. The van der Waals surface area contributed by atoms with E-state index in [0.29, 0.717) is 5.56 Å². The first-order chi connectivity index (χ1) is 6.34. The van der Waals surface area contributed by atoms with E-state index in [1.807, 2.05) is 0 Å². The Kier molecular flexibility index (Phi) is 3.59. The Morgan fingerprint density at radius 2 is 2.31 bits per heavy atom. The van der Waals surface area contributed by atoms with Gasteiger partial charge in [-0.25, -0.2) is 5.43 Å². The fraction of sp³-hybridized carbons (Fsp3) is 0.125. The summed E-state index contributed by atoms with van der Waals surface area (Å²) in [5.41, 5.74) is 2.72. The summed E-state index contributed by atoms with van der Waals surface area (Å²) >= 11 is 0. The van der Waals surface area contributed by atoms with Gasteiger partial charge in [-0.1, -0.05) is 0 Å². The van der Waals surface area contributed by atoms with Gasteiger partial charge in [-0.05, 0) is 12.1 Å². The van der Waals surface area contributed by atoms with Gasteiger partial charge in [0.05, 0.1) is 12.8 Å². The van der Waals surface area contributed by atoms with Crippen molar-refractivity contribution in [2.75, 3.05) is 6.61 Å². The third-order valence-electron chi connectivity index (χ3n) is 1.28. The lowest BCUT2D eigenvalue weighted by Gasteiger charge is -1.97. The van der Waals surface area contributed by atoms with Crippen LogP contribution in [-0.2, 0) is 0 Å². The van der Waals surface area contributed by atoms with E-state index in [2.05, 4.69) is 15.5 Å². The summed E-state index contributed by atoms with van der Waals surface area (Å²) in [4.78, 5) is 15.0. The molecule has 0 radical (unpaired) electrons. The van der Waals surface area contributed by atoms with Crippen LogP contribution in [0.25, 0.3) is 0 Å². The van der Waals surface area contributed by atoms with E-state index in [0.717, 1.165) is 0 Å². The fourth-order valence-corrected chi connectivity index (χ4v) is 0.713. The normalized spacial score (nSPS) is 10.2. The van der Waals surface area contributed by atoms with Crippen LogP contribution in [-0.4, -0.2) is 28.8 Å². The molecule has 1 amide bonds. The Morgan fingerprint density at radius 3 is 2.92 bits per heavy atom. The third-order valence-corrected chi connectivity index (χ3v) is 1.28. The molecule has 0 saturated heterocycles. The largest absolute Gasteiger partial charge is 0.391 e. The van der Waals surface area contributed by atoms with Gasteiger partial charge in [-0.15, -0.1) is 0 Å². The Balaban J connectivity index is 2.54. The minimum Gasteiger partial charge on any atom is -0.391 e. The Bertz CT molecular complexity index is 298. The zero-order chi connectivity index (χ0) is 9.52. The summed E-state index contributed by atoms with van der Waals surface area (Å²) < 4.78 is 0. The summed E-state index contributed by atoms with van der Waals surface area (Å²) in [6.45, 7) is -0.198. The van der Waals surface area contributed by atoms with Gasteiger partial charge in [0.2, 0.25) is 0 Å². The van der Waals surface area contributed by atoms with Gasteiger partial charge >= 0.3 is 0 Å². The number of pyridine rings is 1. The maximum Gasteiger partial charge on any atom is 0.271 e. The highest BCUT2D eigenvalue weighted by molar-refractivity contribution is 5.94. The molecule has 0 bridgehead atoms. The van der Waals surface area contributed by atoms with Gasteiger partial charge in [0, 0.05) is 18.0 Å². The molecule has 1 aromatic rings. The number of aliphatic hydroxyl groups is 1. The molecule has 0 aliphatic carbocycles. The van der Waals surface area contributed by atoms with Crippen molar-refractivity contribution in [3.8, 4) is 0 Å². The molecule has 5 nitrogen and oxygen atoms in total. The summed E-state index contributed by atoms with van der Waals surface area (Å²) in [5, 5.41) is 11.8. The molecule has 1 heterocycles. The van der Waals surface area contributed by atoms with E-state index in [1.54, 1.807) is 12.1 Å². The number of aromatic nitrogens is 1. The molecule has 0 fully saturated rings. The van der Waals surface area contributed by atoms with Crippen LogP contribution in [0.4, 0.5) is 0 Å². The standard InChI is InChI=1S/C8H9N3O2/c12-6-5-10-11-8(13)7-1-3-9-4-2-7/h1-5,12H,6H2,(H,11,13)/b10-5+. The van der Waals surface area contributed by atoms with E-state index in [4.69, 9.17) is 5.11 Å². The van der Waals surface area contributed by atoms with E-state index in [9.17, 15) is 4.79 Å². The monoisotopic (exact) mass is 179 g/mol. The lowest BCUT2D eigenvalue weighted by molar-refractivity contribution is 0.0955. The van der Waals surface area contributed by atoms with Crippen LogP contribution in [0.2, 0.25) is 0 Å². The maximum atomic E-state index is 11.2. The first-order valence-electron chi connectivity index (χ1n) is 3.67. The predicted octanol–water partition coefficient (Wildman–Crippen LogP) is -0.211. The number of hydrazone groups is 1. The zero-order valence-corrected chi connectivity index (χ0v) is 6.84. The number of carbonyl (C=O) groups excluding carboxylic acids is 1. The van der Waals surface area contributed by atoms with Gasteiger partial charge < -0.3 is 5.11 Å². The smallest absolute Gasteiger partial charge is 0.271 e. The van der Waals surface area contributed by atoms with Gasteiger partial charge in [0.1, 0.15) is 0 Å². The average molecular weight is 179 g/mol. The molecule has 0 aromatic carbocycles. The SMILES string of the molecule is O=C(N/N=C/CO)c1ccncc1. The average Bonchev–Trinajstić information content (AvgIpc) is 2.19. The first kappa shape index (κ1) is 9.34. The molecule has 5 heteroatoms. The maximum absolute atomic E-state index is 11.2. The van der Waals surface area contributed by atoms with Crippen LogP contribution in [0.3, 0.4) is 0 Å². The Hall–Kier alpha value is -1.75. The highest BCUT2D eigenvalue weighted by Gasteiger charge is 2.01. The number of nitrogens with zero attached hydrogens (tertiary/aromatic N) is 2. The number of hydrogen-bond acceptors (Lipinski definition) is 4. The molecule has 0 aliphatic heterocycles. The number of hydrogen-bond donors (Lipinski definition) is 2. The second-order valence-electron chi connectivity index (χ2n) is 2.17. The lowest BCUT2D eigenvalue weighted by Crippen LogP contribution is -2.17. The molecule has 1 aromatic heterocycles. The second-order valence-corrected chi connectivity index (χ2v) is 2.17. The van der Waals surface area contributed by atoms with Crippen molar-refractivity contribution in [2.24, 2.45) is 5.10 Å². The van der Waals surface area contributed by atoms with Crippen LogP contribution in [0, 0.1) is 0 Å². The van der Waals surface area contributed by atoms with Gasteiger partial charge in [0.15, 0.2) is 0 Å². The van der Waals surface area contributed by atoms with Gasteiger partial charge in [-0.2, -0.15) is 5.10 Å². The van der Waals surface area contributed by atoms with Crippen LogP contribution < -0.4 is 5.43 Å². The molecule has 2 N–H and O–H groups in total. The minimum atomic E-state index is -0.327. The Morgan fingerprint density at radius 1 is 1.62 bits per heavy atom. The molecule has 0 atom stereocenters. The van der Waals surface area contributed by atoms with Crippen molar-refractivity contribution in [1.82, 2.24) is 10.4 Å². The molecule has 0 unspecified atom stereocenters. The molecule has 1 rings (SSSR count). The molecular weight excluding hydrogens is 170 g/mol. The van der Waals surface area contributed by atoms with E-state index < -0.39 is 0 Å². The molecule has 0 spiro atoms. The van der Waals surface area contributed by atoms with Crippen LogP contribution in [0.1, 0.15) is 10.4 Å². The number of amides is 1. The number of carbonyl (C=O) groups is 1. The van der Waals surface area contributed by atoms with Crippen molar-refractivity contribution in [3.63, 3.8) is 0 Å². The molecular formula is C8H9N3O2. The van der Waals surface area contributed by atoms with Crippen molar-refractivity contribution in [3.05, 3.63) is 30.1 Å². The van der Waals surface area contributed by atoms with E-state index >= 15 is 0 Å². The van der Waals surface area contributed by atoms with Crippen molar-refractivity contribution in [1.29, 1.82) is 0 Å². The van der Waals surface area contributed by atoms with Crippen molar-refractivity contribution in [2.45, 2.75) is 0 Å². The highest BCUT2D eigenvalue weighted by atomic mass is 16.3. The summed E-state index contributed by atoms with van der Waals surface area (Å²) in [7, 11) is 0. The van der Waals surface area contributed by atoms with Crippen molar-refractivity contribution < 1.29 is 9.90 Å². The molecule has 0 aliphatic rings. The lowest BCUT2D eigenvalue weighted by atomic mass is 10.3. The predicted molar refractivity (Wildman–Crippen MR) is 47.3 cm³/mol.